The molecule has 1 aromatic rings. The zero-order valence-corrected chi connectivity index (χ0v) is 17.3. The number of hydrogen-bond acceptors (Lipinski definition) is 4. The molecule has 1 N–H and O–H groups in total. The van der Waals surface area contributed by atoms with E-state index in [1.165, 1.54) is 11.4 Å². The van der Waals surface area contributed by atoms with Crippen LogP contribution in [0.2, 0.25) is 0 Å². The summed E-state index contributed by atoms with van der Waals surface area (Å²) in [6, 6.07) is 7.42. The Kier molecular flexibility index (Phi) is 7.19. The quantitative estimate of drug-likeness (QED) is 0.486. The Morgan fingerprint density at radius 3 is 2.81 bits per heavy atom. The number of anilines is 1. The van der Waals surface area contributed by atoms with Crippen molar-refractivity contribution in [2.45, 2.75) is 19.8 Å². The van der Waals surface area contributed by atoms with Gasteiger partial charge in [-0.15, -0.1) is 0 Å². The van der Waals surface area contributed by atoms with Crippen LogP contribution in [0.5, 0.6) is 0 Å². The Balaban J connectivity index is 1.83. The number of rotatable bonds is 8. The fraction of sp³-hybridized carbons (Fsp3) is 0.529. The minimum Gasteiger partial charge on any atom is -0.355 e. The average Bonchev–Trinajstić information content (AvgIpc) is 2.99. The third-order valence-electron chi connectivity index (χ3n) is 4.43. The fourth-order valence-electron chi connectivity index (χ4n) is 2.82. The van der Waals surface area contributed by atoms with Crippen molar-refractivity contribution in [1.29, 1.82) is 0 Å². The molecule has 1 heterocycles. The molecule has 9 heteroatoms. The molecule has 0 aliphatic carbocycles. The standard InChI is InChI=1S/C17H24BrN3O4S/c1-3-26(24,25)20(2)10-5-9-19-16(22)15-8-11-21(17(15)23)14-7-4-6-13(18)12-14/h4,6-7,12,15H,3,5,8-11H2,1-2H3,(H,19,22). The van der Waals surface area contributed by atoms with Crippen LogP contribution in [0, 0.1) is 5.92 Å². The normalized spacial score (nSPS) is 17.8. The largest absolute Gasteiger partial charge is 0.355 e. The van der Waals surface area contributed by atoms with Gasteiger partial charge in [-0.1, -0.05) is 22.0 Å². The van der Waals surface area contributed by atoms with Crippen LogP contribution in [0.1, 0.15) is 19.8 Å². The predicted octanol–water partition coefficient (Wildman–Crippen LogP) is 1.59. The van der Waals surface area contributed by atoms with Crippen molar-refractivity contribution in [3.05, 3.63) is 28.7 Å². The Bertz CT molecular complexity index is 769. The van der Waals surface area contributed by atoms with Crippen molar-refractivity contribution in [2.75, 3.05) is 37.3 Å². The van der Waals surface area contributed by atoms with Crippen molar-refractivity contribution >= 4 is 43.5 Å². The molecule has 0 aromatic heterocycles. The maximum absolute atomic E-state index is 12.5. The smallest absolute Gasteiger partial charge is 0.239 e. The Morgan fingerprint density at radius 2 is 2.15 bits per heavy atom. The van der Waals surface area contributed by atoms with E-state index in [9.17, 15) is 18.0 Å². The van der Waals surface area contributed by atoms with Crippen LogP contribution in [-0.4, -0.2) is 57.0 Å². The van der Waals surface area contributed by atoms with Gasteiger partial charge in [0.25, 0.3) is 0 Å². The summed E-state index contributed by atoms with van der Waals surface area (Å²) in [5.74, 6) is -1.14. The minimum absolute atomic E-state index is 0.0534. The van der Waals surface area contributed by atoms with Gasteiger partial charge in [0.15, 0.2) is 0 Å². The second-order valence-electron chi connectivity index (χ2n) is 6.18. The van der Waals surface area contributed by atoms with Crippen LogP contribution in [0.3, 0.4) is 0 Å². The van der Waals surface area contributed by atoms with E-state index in [1.807, 2.05) is 24.3 Å². The van der Waals surface area contributed by atoms with Gasteiger partial charge >= 0.3 is 0 Å². The highest BCUT2D eigenvalue weighted by atomic mass is 79.9. The zero-order chi connectivity index (χ0) is 19.3. The molecule has 0 bridgehead atoms. The van der Waals surface area contributed by atoms with Crippen molar-refractivity contribution in [2.24, 2.45) is 5.92 Å². The molecular weight excluding hydrogens is 422 g/mol. The van der Waals surface area contributed by atoms with E-state index in [-0.39, 0.29) is 17.6 Å². The summed E-state index contributed by atoms with van der Waals surface area (Å²) >= 11 is 3.38. The molecule has 1 saturated heterocycles. The molecule has 0 radical (unpaired) electrons. The van der Waals surface area contributed by atoms with Gasteiger partial charge in [-0.3, -0.25) is 9.59 Å². The highest BCUT2D eigenvalue weighted by Crippen LogP contribution is 2.27. The van der Waals surface area contributed by atoms with Crippen molar-refractivity contribution in [3.63, 3.8) is 0 Å². The van der Waals surface area contributed by atoms with E-state index in [1.54, 1.807) is 11.8 Å². The molecule has 26 heavy (non-hydrogen) atoms. The summed E-state index contributed by atoms with van der Waals surface area (Å²) in [5.41, 5.74) is 0.770. The maximum atomic E-state index is 12.5. The van der Waals surface area contributed by atoms with Crippen LogP contribution in [-0.2, 0) is 19.6 Å². The van der Waals surface area contributed by atoms with Crippen LogP contribution in [0.4, 0.5) is 5.69 Å². The van der Waals surface area contributed by atoms with Gasteiger partial charge in [-0.25, -0.2) is 12.7 Å². The number of nitrogens with zero attached hydrogens (tertiary/aromatic N) is 2. The summed E-state index contributed by atoms with van der Waals surface area (Å²) < 4.78 is 25.5. The van der Waals surface area contributed by atoms with Gasteiger partial charge in [0.2, 0.25) is 21.8 Å². The van der Waals surface area contributed by atoms with Crippen LogP contribution in [0.25, 0.3) is 0 Å². The first-order valence-electron chi connectivity index (χ1n) is 8.55. The number of sulfonamides is 1. The summed E-state index contributed by atoms with van der Waals surface area (Å²) in [6.45, 7) is 2.77. The number of halogens is 1. The van der Waals surface area contributed by atoms with Crippen LogP contribution in [0.15, 0.2) is 28.7 Å². The summed E-state index contributed by atoms with van der Waals surface area (Å²) in [5, 5.41) is 2.75. The highest BCUT2D eigenvalue weighted by molar-refractivity contribution is 9.10. The number of carbonyl (C=O) groups is 2. The lowest BCUT2D eigenvalue weighted by molar-refractivity contribution is -0.132. The third-order valence-corrected chi connectivity index (χ3v) is 6.79. The predicted molar refractivity (Wildman–Crippen MR) is 104 cm³/mol. The summed E-state index contributed by atoms with van der Waals surface area (Å²) in [7, 11) is -1.68. The van der Waals surface area contributed by atoms with Crippen LogP contribution < -0.4 is 10.2 Å². The fourth-order valence-corrected chi connectivity index (χ4v) is 4.05. The molecule has 7 nitrogen and oxygen atoms in total. The Hall–Kier alpha value is -1.45. The number of amides is 2. The summed E-state index contributed by atoms with van der Waals surface area (Å²) in [6.07, 6.45) is 0.971. The lowest BCUT2D eigenvalue weighted by atomic mass is 10.1. The van der Waals surface area contributed by atoms with Crippen molar-refractivity contribution in [3.8, 4) is 0 Å². The SMILES string of the molecule is CCS(=O)(=O)N(C)CCCNC(=O)C1CCN(c2cccc(Br)c2)C1=O. The topological polar surface area (TPSA) is 86.8 Å². The Labute approximate surface area is 162 Å². The van der Waals surface area contributed by atoms with E-state index in [0.29, 0.717) is 32.5 Å². The van der Waals surface area contributed by atoms with E-state index < -0.39 is 15.9 Å². The third kappa shape index (κ3) is 5.05. The molecule has 1 fully saturated rings. The monoisotopic (exact) mass is 445 g/mol. The van der Waals surface area contributed by atoms with Crippen LogP contribution >= 0.6 is 15.9 Å². The highest BCUT2D eigenvalue weighted by Gasteiger charge is 2.37. The molecule has 1 atom stereocenters. The van der Waals surface area contributed by atoms with Crippen molar-refractivity contribution in [1.82, 2.24) is 9.62 Å². The first-order chi connectivity index (χ1) is 12.3. The first kappa shape index (κ1) is 20.9. The van der Waals surface area contributed by atoms with E-state index in [4.69, 9.17) is 0 Å². The van der Waals surface area contributed by atoms with E-state index in [2.05, 4.69) is 21.2 Å². The molecule has 2 rings (SSSR count). The summed E-state index contributed by atoms with van der Waals surface area (Å²) in [4.78, 5) is 26.5. The van der Waals surface area contributed by atoms with E-state index >= 15 is 0 Å². The lowest BCUT2D eigenvalue weighted by Gasteiger charge is -2.18. The molecule has 0 saturated carbocycles. The molecule has 0 spiro atoms. The lowest BCUT2D eigenvalue weighted by Crippen LogP contribution is -2.38. The van der Waals surface area contributed by atoms with Gasteiger partial charge in [0, 0.05) is 36.8 Å². The zero-order valence-electron chi connectivity index (χ0n) is 14.9. The maximum Gasteiger partial charge on any atom is 0.239 e. The van der Waals surface area contributed by atoms with Gasteiger partial charge in [-0.05, 0) is 38.0 Å². The van der Waals surface area contributed by atoms with Gasteiger partial charge < -0.3 is 10.2 Å². The number of nitrogens with one attached hydrogen (secondary N) is 1. The van der Waals surface area contributed by atoms with Gasteiger partial charge in [0.05, 0.1) is 5.75 Å². The molecule has 1 aliphatic rings. The molecule has 2 amide bonds. The number of benzene rings is 1. The number of carbonyl (C=O) groups excluding carboxylic acids is 2. The second kappa shape index (κ2) is 8.96. The van der Waals surface area contributed by atoms with Gasteiger partial charge in [0.1, 0.15) is 5.92 Å². The molecule has 144 valence electrons. The van der Waals surface area contributed by atoms with E-state index in [0.717, 1.165) is 10.2 Å². The molecule has 1 aliphatic heterocycles. The number of hydrogen-bond donors (Lipinski definition) is 1. The second-order valence-corrected chi connectivity index (χ2v) is 9.46. The van der Waals surface area contributed by atoms with Crippen molar-refractivity contribution < 1.29 is 18.0 Å². The van der Waals surface area contributed by atoms with Gasteiger partial charge in [-0.2, -0.15) is 0 Å². The first-order valence-corrected chi connectivity index (χ1v) is 10.9. The minimum atomic E-state index is -3.21. The Morgan fingerprint density at radius 1 is 1.42 bits per heavy atom. The average molecular weight is 446 g/mol. The molecule has 1 aromatic carbocycles. The molecule has 1 unspecified atom stereocenters. The molecular formula is C17H24BrN3O4S.